The van der Waals surface area contributed by atoms with Crippen LogP contribution >= 0.6 is 0 Å². The number of anilines is 1. The van der Waals surface area contributed by atoms with Crippen molar-refractivity contribution in [3.8, 4) is 0 Å². The van der Waals surface area contributed by atoms with Crippen molar-refractivity contribution in [2.75, 3.05) is 32.1 Å². The van der Waals surface area contributed by atoms with Gasteiger partial charge >= 0.3 is 0 Å². The Morgan fingerprint density at radius 2 is 2.29 bits per heavy atom. The number of ether oxygens (including phenoxy) is 1. The molecule has 5 heteroatoms. The van der Waals surface area contributed by atoms with Crippen LogP contribution in [0.1, 0.15) is 42.7 Å². The van der Waals surface area contributed by atoms with Crippen molar-refractivity contribution in [2.24, 2.45) is 0 Å². The third kappa shape index (κ3) is 3.94. The number of pyridine rings is 1. The SMILES string of the molecule is CCOC1CCCN(C(=O)c2cc(CC)nc(NC)c2)C1. The standard InChI is InChI=1S/C16H25N3O2/c1-4-13-9-12(10-15(17-3)18-13)16(20)19-8-6-7-14(11-19)21-5-2/h9-10,14H,4-8,11H2,1-3H3,(H,17,18). The highest BCUT2D eigenvalue weighted by Crippen LogP contribution is 2.18. The van der Waals surface area contributed by atoms with Crippen LogP contribution < -0.4 is 5.32 Å². The molecule has 0 aliphatic carbocycles. The first-order valence-corrected chi connectivity index (χ1v) is 7.77. The van der Waals surface area contributed by atoms with Gasteiger partial charge < -0.3 is 15.0 Å². The first kappa shape index (κ1) is 15.8. The molecule has 1 aromatic rings. The van der Waals surface area contributed by atoms with Crippen molar-refractivity contribution >= 4 is 11.7 Å². The van der Waals surface area contributed by atoms with Crippen molar-refractivity contribution in [2.45, 2.75) is 39.2 Å². The zero-order valence-corrected chi connectivity index (χ0v) is 13.2. The van der Waals surface area contributed by atoms with E-state index in [1.54, 1.807) is 0 Å². The van der Waals surface area contributed by atoms with Crippen molar-refractivity contribution in [1.29, 1.82) is 0 Å². The molecule has 0 bridgehead atoms. The van der Waals surface area contributed by atoms with E-state index in [9.17, 15) is 4.79 Å². The Kier molecular flexibility index (Phi) is 5.56. The number of amides is 1. The quantitative estimate of drug-likeness (QED) is 0.904. The molecular formula is C16H25N3O2. The van der Waals surface area contributed by atoms with Crippen LogP contribution in [0.2, 0.25) is 0 Å². The molecule has 116 valence electrons. The number of carbonyl (C=O) groups excluding carboxylic acids is 1. The number of aryl methyl sites for hydroxylation is 1. The van der Waals surface area contributed by atoms with Crippen LogP contribution in [0.25, 0.3) is 0 Å². The van der Waals surface area contributed by atoms with E-state index >= 15 is 0 Å². The lowest BCUT2D eigenvalue weighted by molar-refractivity contribution is 0.00724. The number of nitrogens with zero attached hydrogens (tertiary/aromatic N) is 2. The highest BCUT2D eigenvalue weighted by atomic mass is 16.5. The summed E-state index contributed by atoms with van der Waals surface area (Å²) < 4.78 is 5.67. The molecule has 1 unspecified atom stereocenters. The number of aromatic nitrogens is 1. The fraction of sp³-hybridized carbons (Fsp3) is 0.625. The Hall–Kier alpha value is -1.62. The maximum Gasteiger partial charge on any atom is 0.254 e. The van der Waals surface area contributed by atoms with Crippen LogP contribution in [0.15, 0.2) is 12.1 Å². The Bertz CT molecular complexity index is 466. The van der Waals surface area contributed by atoms with E-state index in [0.29, 0.717) is 18.7 Å². The van der Waals surface area contributed by atoms with Gasteiger partial charge in [-0.25, -0.2) is 4.98 Å². The molecule has 5 nitrogen and oxygen atoms in total. The summed E-state index contributed by atoms with van der Waals surface area (Å²) in [6.45, 7) is 6.23. The van der Waals surface area contributed by atoms with Gasteiger partial charge in [-0.15, -0.1) is 0 Å². The molecule has 0 aromatic carbocycles. The number of rotatable bonds is 5. The lowest BCUT2D eigenvalue weighted by atomic mass is 10.1. The van der Waals surface area contributed by atoms with Gasteiger partial charge in [0, 0.05) is 38.0 Å². The third-order valence-corrected chi connectivity index (χ3v) is 3.81. The lowest BCUT2D eigenvalue weighted by Gasteiger charge is -2.32. The topological polar surface area (TPSA) is 54.5 Å². The second kappa shape index (κ2) is 7.41. The van der Waals surface area contributed by atoms with Crippen LogP contribution in [0.4, 0.5) is 5.82 Å². The zero-order valence-electron chi connectivity index (χ0n) is 13.2. The molecule has 1 atom stereocenters. The smallest absolute Gasteiger partial charge is 0.254 e. The van der Waals surface area contributed by atoms with Gasteiger partial charge in [-0.2, -0.15) is 0 Å². The first-order valence-electron chi connectivity index (χ1n) is 7.77. The average Bonchev–Trinajstić information content (AvgIpc) is 2.54. The number of carbonyl (C=O) groups is 1. The first-order chi connectivity index (χ1) is 10.2. The fourth-order valence-electron chi connectivity index (χ4n) is 2.70. The van der Waals surface area contributed by atoms with Gasteiger partial charge in [0.25, 0.3) is 5.91 Å². The molecule has 2 rings (SSSR count). The predicted molar refractivity (Wildman–Crippen MR) is 83.7 cm³/mol. The minimum absolute atomic E-state index is 0.0769. The molecule has 2 heterocycles. The second-order valence-electron chi connectivity index (χ2n) is 5.31. The molecule has 1 aliphatic rings. The second-order valence-corrected chi connectivity index (χ2v) is 5.31. The molecular weight excluding hydrogens is 266 g/mol. The van der Waals surface area contributed by atoms with Crippen molar-refractivity contribution < 1.29 is 9.53 Å². The van der Waals surface area contributed by atoms with Crippen molar-refractivity contribution in [1.82, 2.24) is 9.88 Å². The largest absolute Gasteiger partial charge is 0.377 e. The summed E-state index contributed by atoms with van der Waals surface area (Å²) in [4.78, 5) is 19.0. The highest BCUT2D eigenvalue weighted by molar-refractivity contribution is 5.95. The molecule has 1 amide bonds. The van der Waals surface area contributed by atoms with E-state index in [0.717, 1.165) is 37.3 Å². The van der Waals surface area contributed by atoms with Crippen molar-refractivity contribution in [3.05, 3.63) is 23.4 Å². The maximum absolute atomic E-state index is 12.7. The van der Waals surface area contributed by atoms with Crippen LogP contribution in [0.3, 0.4) is 0 Å². The summed E-state index contributed by atoms with van der Waals surface area (Å²) in [5.41, 5.74) is 1.65. The lowest BCUT2D eigenvalue weighted by Crippen LogP contribution is -2.43. The third-order valence-electron chi connectivity index (χ3n) is 3.81. The summed E-state index contributed by atoms with van der Waals surface area (Å²) in [6, 6.07) is 3.72. The Morgan fingerprint density at radius 3 is 2.95 bits per heavy atom. The van der Waals surface area contributed by atoms with Gasteiger partial charge in [0.15, 0.2) is 0 Å². The van der Waals surface area contributed by atoms with E-state index < -0.39 is 0 Å². The maximum atomic E-state index is 12.7. The summed E-state index contributed by atoms with van der Waals surface area (Å²) in [5.74, 6) is 0.823. The van der Waals surface area contributed by atoms with Crippen LogP contribution in [0.5, 0.6) is 0 Å². The van der Waals surface area contributed by atoms with Gasteiger partial charge in [0.2, 0.25) is 0 Å². The van der Waals surface area contributed by atoms with E-state index in [1.165, 1.54) is 0 Å². The highest BCUT2D eigenvalue weighted by Gasteiger charge is 2.25. The summed E-state index contributed by atoms with van der Waals surface area (Å²) in [6.07, 6.45) is 3.03. The number of likely N-dealkylation sites (tertiary alicyclic amines) is 1. The molecule has 1 fully saturated rings. The van der Waals surface area contributed by atoms with Gasteiger partial charge in [0.05, 0.1) is 6.10 Å². The minimum Gasteiger partial charge on any atom is -0.377 e. The van der Waals surface area contributed by atoms with Crippen molar-refractivity contribution in [3.63, 3.8) is 0 Å². The van der Waals surface area contributed by atoms with E-state index in [2.05, 4.69) is 10.3 Å². The molecule has 1 N–H and O–H groups in total. The number of hydrogen-bond donors (Lipinski definition) is 1. The van der Waals surface area contributed by atoms with E-state index in [1.807, 2.05) is 37.9 Å². The summed E-state index contributed by atoms with van der Waals surface area (Å²) in [7, 11) is 1.82. The predicted octanol–water partition coefficient (Wildman–Crippen LogP) is 2.33. The molecule has 0 spiro atoms. The molecule has 21 heavy (non-hydrogen) atoms. The minimum atomic E-state index is 0.0769. The Morgan fingerprint density at radius 1 is 1.48 bits per heavy atom. The number of hydrogen-bond acceptors (Lipinski definition) is 4. The Balaban J connectivity index is 2.15. The zero-order chi connectivity index (χ0) is 15.2. The summed E-state index contributed by atoms with van der Waals surface area (Å²) in [5, 5.41) is 3.02. The molecule has 1 saturated heterocycles. The van der Waals surface area contributed by atoms with Crippen LogP contribution in [-0.4, -0.2) is 48.6 Å². The van der Waals surface area contributed by atoms with Gasteiger partial charge in [-0.05, 0) is 38.3 Å². The number of nitrogens with one attached hydrogen (secondary N) is 1. The summed E-state index contributed by atoms with van der Waals surface area (Å²) >= 11 is 0. The molecule has 0 saturated carbocycles. The van der Waals surface area contributed by atoms with E-state index in [4.69, 9.17) is 4.74 Å². The number of piperidine rings is 1. The monoisotopic (exact) mass is 291 g/mol. The molecule has 1 aliphatic heterocycles. The van der Waals surface area contributed by atoms with E-state index in [-0.39, 0.29) is 12.0 Å². The van der Waals surface area contributed by atoms with Crippen LogP contribution in [0, 0.1) is 0 Å². The van der Waals surface area contributed by atoms with Gasteiger partial charge in [-0.1, -0.05) is 6.92 Å². The normalized spacial score (nSPS) is 18.6. The molecule has 1 aromatic heterocycles. The molecule has 0 radical (unpaired) electrons. The Labute approximate surface area is 126 Å². The van der Waals surface area contributed by atoms with Crippen LogP contribution in [-0.2, 0) is 11.2 Å². The van der Waals surface area contributed by atoms with Gasteiger partial charge in [0.1, 0.15) is 5.82 Å². The fourth-order valence-corrected chi connectivity index (χ4v) is 2.70. The van der Waals surface area contributed by atoms with Gasteiger partial charge in [-0.3, -0.25) is 4.79 Å². The average molecular weight is 291 g/mol.